The smallest absolute Gasteiger partial charge is 0.257 e. The molecule has 0 unspecified atom stereocenters. The molecular weight excluding hydrogens is 524 g/mol. The van der Waals surface area contributed by atoms with Gasteiger partial charge in [0.2, 0.25) is 0 Å². The third kappa shape index (κ3) is 9.34. The summed E-state index contributed by atoms with van der Waals surface area (Å²) in [5, 5.41) is 5.97. The maximum absolute atomic E-state index is 12.6. The van der Waals surface area contributed by atoms with E-state index in [0.29, 0.717) is 18.8 Å². The van der Waals surface area contributed by atoms with E-state index in [1.807, 2.05) is 42.5 Å². The van der Waals surface area contributed by atoms with Gasteiger partial charge < -0.3 is 14.8 Å². The number of halogens is 1. The summed E-state index contributed by atoms with van der Waals surface area (Å²) in [4.78, 5) is 12.6. The highest BCUT2D eigenvalue weighted by atomic mass is 79.9. The predicted molar refractivity (Wildman–Crippen MR) is 150 cm³/mol. The zero-order chi connectivity index (χ0) is 24.9. The van der Waals surface area contributed by atoms with Crippen molar-refractivity contribution in [2.45, 2.75) is 39.0 Å². The molecule has 0 spiro atoms. The van der Waals surface area contributed by atoms with Crippen LogP contribution in [-0.2, 0) is 6.42 Å². The number of rotatable bonds is 12. The molecule has 0 aliphatic rings. The zero-order valence-corrected chi connectivity index (χ0v) is 22.3. The van der Waals surface area contributed by atoms with Crippen LogP contribution in [0.1, 0.15) is 48.5 Å². The summed E-state index contributed by atoms with van der Waals surface area (Å²) >= 11 is 8.80. The molecule has 0 aliphatic carbocycles. The fourth-order valence-corrected chi connectivity index (χ4v) is 4.08. The van der Waals surface area contributed by atoms with Crippen LogP contribution in [0.4, 0.5) is 5.69 Å². The van der Waals surface area contributed by atoms with Crippen LogP contribution in [0.3, 0.4) is 0 Å². The second kappa shape index (κ2) is 14.5. The second-order valence-electron chi connectivity index (χ2n) is 8.07. The third-order valence-corrected chi connectivity index (χ3v) is 6.11. The number of carbonyl (C=O) groups is 1. The Hall–Kier alpha value is -2.90. The molecule has 0 heterocycles. The molecule has 1 amide bonds. The summed E-state index contributed by atoms with van der Waals surface area (Å²) in [5.74, 6) is 1.21. The maximum Gasteiger partial charge on any atom is 0.257 e. The van der Waals surface area contributed by atoms with Crippen LogP contribution in [0.25, 0.3) is 0 Å². The van der Waals surface area contributed by atoms with Gasteiger partial charge in [0.15, 0.2) is 5.11 Å². The highest BCUT2D eigenvalue weighted by molar-refractivity contribution is 9.10. The average Bonchev–Trinajstić information content (AvgIpc) is 2.86. The molecule has 0 aliphatic heterocycles. The molecule has 3 rings (SSSR count). The third-order valence-electron chi connectivity index (χ3n) is 5.29. The highest BCUT2D eigenvalue weighted by Gasteiger charge is 2.11. The minimum atomic E-state index is -0.293. The number of carbonyl (C=O) groups excluding carboxylic acids is 1. The van der Waals surface area contributed by atoms with Crippen molar-refractivity contribution in [2.24, 2.45) is 0 Å². The molecule has 0 radical (unpaired) electrons. The lowest BCUT2D eigenvalue weighted by atomic mass is 10.2. The van der Waals surface area contributed by atoms with E-state index in [4.69, 9.17) is 21.7 Å². The number of hydrogen-bond acceptors (Lipinski definition) is 4. The van der Waals surface area contributed by atoms with Crippen LogP contribution in [0.5, 0.6) is 11.5 Å². The minimum absolute atomic E-state index is 0.222. The fourth-order valence-electron chi connectivity index (χ4n) is 3.37. The van der Waals surface area contributed by atoms with Gasteiger partial charge in [0.05, 0.1) is 17.7 Å². The number of hydrogen-bond donors (Lipinski definition) is 2. The molecule has 0 atom stereocenters. The first-order chi connectivity index (χ1) is 17.0. The topological polar surface area (TPSA) is 59.6 Å². The molecule has 0 aromatic heterocycles. The van der Waals surface area contributed by atoms with E-state index in [2.05, 4.69) is 45.6 Å². The molecule has 5 nitrogen and oxygen atoms in total. The quantitative estimate of drug-likeness (QED) is 0.184. The summed E-state index contributed by atoms with van der Waals surface area (Å²) in [7, 11) is 0. The lowest BCUT2D eigenvalue weighted by Crippen LogP contribution is -2.34. The summed E-state index contributed by atoms with van der Waals surface area (Å²) in [6, 6.07) is 22.9. The highest BCUT2D eigenvalue weighted by Crippen LogP contribution is 2.26. The van der Waals surface area contributed by atoms with E-state index >= 15 is 0 Å². The van der Waals surface area contributed by atoms with Gasteiger partial charge in [-0.2, -0.15) is 0 Å². The van der Waals surface area contributed by atoms with Gasteiger partial charge in [0, 0.05) is 17.7 Å². The first-order valence-corrected chi connectivity index (χ1v) is 13.1. The van der Waals surface area contributed by atoms with Crippen molar-refractivity contribution in [3.8, 4) is 11.5 Å². The van der Waals surface area contributed by atoms with Gasteiger partial charge in [0.1, 0.15) is 11.5 Å². The van der Waals surface area contributed by atoms with Crippen molar-refractivity contribution in [1.82, 2.24) is 5.32 Å². The number of amides is 1. The van der Waals surface area contributed by atoms with E-state index in [0.717, 1.165) is 40.9 Å². The lowest BCUT2D eigenvalue weighted by molar-refractivity contribution is 0.0977. The molecule has 3 aromatic carbocycles. The molecule has 184 valence electrons. The monoisotopic (exact) mass is 554 g/mol. The van der Waals surface area contributed by atoms with Gasteiger partial charge in [-0.1, -0.05) is 56.5 Å². The van der Waals surface area contributed by atoms with Gasteiger partial charge in [-0.25, -0.2) is 0 Å². The Kier molecular flexibility index (Phi) is 11.1. The van der Waals surface area contributed by atoms with Gasteiger partial charge in [-0.05, 0) is 82.6 Å². The molecule has 0 saturated heterocycles. The van der Waals surface area contributed by atoms with E-state index < -0.39 is 0 Å². The van der Waals surface area contributed by atoms with Crippen LogP contribution in [0, 0.1) is 0 Å². The van der Waals surface area contributed by atoms with E-state index in [1.54, 1.807) is 18.2 Å². The van der Waals surface area contributed by atoms with Crippen LogP contribution in [0.15, 0.2) is 77.3 Å². The van der Waals surface area contributed by atoms with Gasteiger partial charge >= 0.3 is 0 Å². The predicted octanol–water partition coefficient (Wildman–Crippen LogP) is 7.16. The van der Waals surface area contributed by atoms with Crippen LogP contribution >= 0.6 is 28.1 Å². The van der Waals surface area contributed by atoms with Crippen molar-refractivity contribution >= 4 is 44.9 Å². The van der Waals surface area contributed by atoms with E-state index in [-0.39, 0.29) is 11.0 Å². The average molecular weight is 556 g/mol. The van der Waals surface area contributed by atoms with Crippen LogP contribution < -0.4 is 20.1 Å². The van der Waals surface area contributed by atoms with Gasteiger partial charge in [-0.15, -0.1) is 0 Å². The summed E-state index contributed by atoms with van der Waals surface area (Å²) in [6.07, 6.45) is 5.43. The number of ether oxygens (including phenoxy) is 2. The Labute approximate surface area is 221 Å². The van der Waals surface area contributed by atoms with Crippen LogP contribution in [-0.4, -0.2) is 24.2 Å². The first kappa shape index (κ1) is 26.7. The molecule has 0 saturated carbocycles. The van der Waals surface area contributed by atoms with Crippen LogP contribution in [0.2, 0.25) is 0 Å². The molecule has 0 fully saturated rings. The molecular formula is C28H31BrN2O3S. The Balaban J connectivity index is 1.43. The number of nitrogens with one attached hydrogen (secondary N) is 2. The number of unbranched alkanes of at least 4 members (excludes halogenated alkanes) is 3. The minimum Gasteiger partial charge on any atom is -0.493 e. The van der Waals surface area contributed by atoms with E-state index in [1.165, 1.54) is 18.4 Å². The molecule has 0 bridgehead atoms. The molecule has 2 N–H and O–H groups in total. The van der Waals surface area contributed by atoms with Gasteiger partial charge in [-0.3, -0.25) is 10.1 Å². The SMILES string of the molecule is CCCCCCOc1ccc(C(=O)NC(=S)Nc2ccc(OCCc3ccccc3)cc2)cc1Br. The standard InChI is InChI=1S/C28H31BrN2O3S/c1-2-3-4-8-18-34-26-16-11-22(20-25(26)29)27(32)31-28(35)30-23-12-14-24(15-13-23)33-19-17-21-9-6-5-7-10-21/h5-7,9-16,20H,2-4,8,17-19H2,1H3,(H2,30,31,32,35). The molecule has 7 heteroatoms. The van der Waals surface area contributed by atoms with Crippen molar-refractivity contribution in [1.29, 1.82) is 0 Å². The Morgan fingerprint density at radius 2 is 1.69 bits per heavy atom. The molecule has 35 heavy (non-hydrogen) atoms. The normalized spacial score (nSPS) is 10.5. The Morgan fingerprint density at radius 1 is 0.914 bits per heavy atom. The Bertz CT molecular complexity index is 1090. The second-order valence-corrected chi connectivity index (χ2v) is 9.33. The number of thiocarbonyl (C=S) groups is 1. The Morgan fingerprint density at radius 3 is 2.40 bits per heavy atom. The van der Waals surface area contributed by atoms with E-state index in [9.17, 15) is 4.79 Å². The summed E-state index contributed by atoms with van der Waals surface area (Å²) < 4.78 is 12.4. The largest absolute Gasteiger partial charge is 0.493 e. The summed E-state index contributed by atoms with van der Waals surface area (Å²) in [5.41, 5.74) is 2.49. The van der Waals surface area contributed by atoms with Crippen molar-refractivity contribution < 1.29 is 14.3 Å². The molecule has 3 aromatic rings. The van der Waals surface area contributed by atoms with Crippen molar-refractivity contribution in [3.05, 3.63) is 88.4 Å². The number of anilines is 1. The zero-order valence-electron chi connectivity index (χ0n) is 19.9. The summed E-state index contributed by atoms with van der Waals surface area (Å²) in [6.45, 7) is 3.45. The number of benzene rings is 3. The first-order valence-electron chi connectivity index (χ1n) is 11.9. The van der Waals surface area contributed by atoms with Crippen molar-refractivity contribution in [3.63, 3.8) is 0 Å². The fraction of sp³-hybridized carbons (Fsp3) is 0.286. The lowest BCUT2D eigenvalue weighted by Gasteiger charge is -2.12. The maximum atomic E-state index is 12.6. The van der Waals surface area contributed by atoms with Crippen molar-refractivity contribution in [2.75, 3.05) is 18.5 Å². The van der Waals surface area contributed by atoms with Gasteiger partial charge in [0.25, 0.3) is 5.91 Å².